The van der Waals surface area contributed by atoms with Gasteiger partial charge in [-0.25, -0.2) is 0 Å². The molecule has 0 aromatic heterocycles. The summed E-state index contributed by atoms with van der Waals surface area (Å²) in [5.41, 5.74) is 1.23. The summed E-state index contributed by atoms with van der Waals surface area (Å²) in [7, 11) is 0. The van der Waals surface area contributed by atoms with Crippen molar-refractivity contribution in [1.82, 2.24) is 4.90 Å². The average molecular weight is 246 g/mol. The van der Waals surface area contributed by atoms with Crippen LogP contribution in [0.15, 0.2) is 30.3 Å². The van der Waals surface area contributed by atoms with Gasteiger partial charge in [0.2, 0.25) is 0 Å². The Hall–Kier alpha value is -1.02. The summed E-state index contributed by atoms with van der Waals surface area (Å²) in [6, 6.07) is 11.2. The fraction of sp³-hybridized carbons (Fsp3) is 0.625. The molecule has 0 spiro atoms. The summed E-state index contributed by atoms with van der Waals surface area (Å²) in [6.45, 7) is 8.22. The van der Waals surface area contributed by atoms with Gasteiger partial charge < -0.3 is 10.2 Å². The summed E-state index contributed by atoms with van der Waals surface area (Å²) < 4.78 is 0. The van der Waals surface area contributed by atoms with Crippen molar-refractivity contribution in [2.45, 2.75) is 39.2 Å². The first-order valence-electron chi connectivity index (χ1n) is 7.28. The number of benzene rings is 1. The van der Waals surface area contributed by atoms with E-state index in [0.29, 0.717) is 6.04 Å². The summed E-state index contributed by atoms with van der Waals surface area (Å²) in [4.78, 5) is 2.63. The number of hydrogen-bond donors (Lipinski definition) is 1. The van der Waals surface area contributed by atoms with Gasteiger partial charge in [0, 0.05) is 31.4 Å². The van der Waals surface area contributed by atoms with Gasteiger partial charge >= 0.3 is 0 Å². The molecule has 0 bridgehead atoms. The van der Waals surface area contributed by atoms with Crippen molar-refractivity contribution >= 4 is 5.69 Å². The molecule has 18 heavy (non-hydrogen) atoms. The van der Waals surface area contributed by atoms with Gasteiger partial charge in [-0.3, -0.25) is 0 Å². The van der Waals surface area contributed by atoms with E-state index in [1.54, 1.807) is 0 Å². The molecule has 1 saturated carbocycles. The van der Waals surface area contributed by atoms with Crippen molar-refractivity contribution < 1.29 is 0 Å². The van der Waals surface area contributed by atoms with E-state index in [9.17, 15) is 0 Å². The van der Waals surface area contributed by atoms with E-state index in [4.69, 9.17) is 0 Å². The first-order chi connectivity index (χ1) is 8.75. The molecular formula is C16H26N2. The molecule has 0 saturated heterocycles. The Balaban J connectivity index is 1.63. The van der Waals surface area contributed by atoms with Crippen LogP contribution in [0.3, 0.4) is 0 Å². The molecule has 0 atom stereocenters. The molecular weight excluding hydrogens is 220 g/mol. The fourth-order valence-corrected chi connectivity index (χ4v) is 2.26. The van der Waals surface area contributed by atoms with Crippen LogP contribution >= 0.6 is 0 Å². The molecule has 1 N–H and O–H groups in total. The molecule has 100 valence electrons. The highest BCUT2D eigenvalue weighted by Crippen LogP contribution is 2.30. The molecule has 1 aliphatic rings. The van der Waals surface area contributed by atoms with Crippen molar-refractivity contribution in [3.8, 4) is 0 Å². The van der Waals surface area contributed by atoms with Crippen LogP contribution in [0, 0.1) is 5.92 Å². The minimum atomic E-state index is 0.683. The van der Waals surface area contributed by atoms with E-state index in [-0.39, 0.29) is 0 Å². The van der Waals surface area contributed by atoms with Gasteiger partial charge in [0.25, 0.3) is 0 Å². The summed E-state index contributed by atoms with van der Waals surface area (Å²) in [5, 5.41) is 3.48. The number of nitrogens with zero attached hydrogens (tertiary/aromatic N) is 1. The maximum Gasteiger partial charge on any atom is 0.0340 e. The lowest BCUT2D eigenvalue weighted by molar-refractivity contribution is 0.212. The molecule has 2 rings (SSSR count). The lowest BCUT2D eigenvalue weighted by Gasteiger charge is -2.26. The molecule has 1 fully saturated rings. The molecule has 2 nitrogen and oxygen atoms in total. The number of nitrogens with one attached hydrogen (secondary N) is 1. The second-order valence-corrected chi connectivity index (χ2v) is 5.68. The van der Waals surface area contributed by atoms with E-state index in [1.807, 2.05) is 0 Å². The molecule has 0 unspecified atom stereocenters. The maximum absolute atomic E-state index is 3.48. The molecule has 0 heterocycles. The smallest absolute Gasteiger partial charge is 0.0340 e. The molecule has 0 amide bonds. The number of rotatable bonds is 8. The third kappa shape index (κ3) is 4.69. The van der Waals surface area contributed by atoms with Gasteiger partial charge in [0.1, 0.15) is 0 Å². The molecule has 1 aromatic rings. The minimum Gasteiger partial charge on any atom is -0.385 e. The predicted octanol–water partition coefficient (Wildman–Crippen LogP) is 3.61. The average Bonchev–Trinajstić information content (AvgIpc) is 3.18. The first kappa shape index (κ1) is 13.4. The topological polar surface area (TPSA) is 15.3 Å². The van der Waals surface area contributed by atoms with Crippen LogP contribution in [0.4, 0.5) is 5.69 Å². The number of hydrogen-bond acceptors (Lipinski definition) is 2. The van der Waals surface area contributed by atoms with Crippen LogP contribution in [0.25, 0.3) is 0 Å². The zero-order chi connectivity index (χ0) is 12.8. The second kappa shape index (κ2) is 6.79. The van der Waals surface area contributed by atoms with Gasteiger partial charge in [-0.05, 0) is 51.2 Å². The minimum absolute atomic E-state index is 0.683. The van der Waals surface area contributed by atoms with Crippen LogP contribution in [0.2, 0.25) is 0 Å². The van der Waals surface area contributed by atoms with Gasteiger partial charge in [0.05, 0.1) is 0 Å². The van der Waals surface area contributed by atoms with Gasteiger partial charge in [-0.2, -0.15) is 0 Å². The van der Waals surface area contributed by atoms with Crippen LogP contribution in [-0.2, 0) is 0 Å². The van der Waals surface area contributed by atoms with Crippen LogP contribution in [-0.4, -0.2) is 30.6 Å². The summed E-state index contributed by atoms with van der Waals surface area (Å²) in [6.07, 6.45) is 4.12. The lowest BCUT2D eigenvalue weighted by Crippen LogP contribution is -2.34. The highest BCUT2D eigenvalue weighted by atomic mass is 15.1. The van der Waals surface area contributed by atoms with Gasteiger partial charge in [-0.1, -0.05) is 18.2 Å². The Morgan fingerprint density at radius 2 is 1.94 bits per heavy atom. The molecule has 2 heteroatoms. The molecule has 0 aliphatic heterocycles. The van der Waals surface area contributed by atoms with Crippen molar-refractivity contribution in [2.24, 2.45) is 5.92 Å². The Morgan fingerprint density at radius 3 is 2.56 bits per heavy atom. The van der Waals surface area contributed by atoms with Crippen LogP contribution < -0.4 is 5.32 Å². The van der Waals surface area contributed by atoms with Crippen LogP contribution in [0.5, 0.6) is 0 Å². The largest absolute Gasteiger partial charge is 0.385 e. The molecule has 1 aromatic carbocycles. The van der Waals surface area contributed by atoms with E-state index in [1.165, 1.54) is 38.0 Å². The van der Waals surface area contributed by atoms with Gasteiger partial charge in [-0.15, -0.1) is 0 Å². The zero-order valence-corrected chi connectivity index (χ0v) is 11.7. The number of para-hydroxylation sites is 1. The predicted molar refractivity (Wildman–Crippen MR) is 79.0 cm³/mol. The Labute approximate surface area is 111 Å². The Morgan fingerprint density at radius 1 is 1.22 bits per heavy atom. The quantitative estimate of drug-likeness (QED) is 0.705. The lowest BCUT2D eigenvalue weighted by atomic mass is 10.2. The second-order valence-electron chi connectivity index (χ2n) is 5.68. The third-order valence-electron chi connectivity index (χ3n) is 3.64. The molecule has 0 radical (unpaired) electrons. The van der Waals surface area contributed by atoms with Crippen LogP contribution in [0.1, 0.15) is 33.1 Å². The Kier molecular flexibility index (Phi) is 5.06. The van der Waals surface area contributed by atoms with Gasteiger partial charge in [0.15, 0.2) is 0 Å². The van der Waals surface area contributed by atoms with E-state index < -0.39 is 0 Å². The maximum atomic E-state index is 3.48. The standard InChI is InChI=1S/C16H26N2/c1-14(2)18(13-15-9-10-15)12-6-11-17-16-7-4-3-5-8-16/h3-5,7-8,14-15,17H,6,9-13H2,1-2H3. The van der Waals surface area contributed by atoms with Crippen molar-refractivity contribution in [1.29, 1.82) is 0 Å². The summed E-state index contributed by atoms with van der Waals surface area (Å²) >= 11 is 0. The van der Waals surface area contributed by atoms with Crippen molar-refractivity contribution in [3.05, 3.63) is 30.3 Å². The summed E-state index contributed by atoms with van der Waals surface area (Å²) in [5.74, 6) is 0.995. The van der Waals surface area contributed by atoms with E-state index >= 15 is 0 Å². The third-order valence-corrected chi connectivity index (χ3v) is 3.64. The fourth-order valence-electron chi connectivity index (χ4n) is 2.26. The normalized spacial score (nSPS) is 15.3. The highest BCUT2D eigenvalue weighted by molar-refractivity contribution is 5.42. The van der Waals surface area contributed by atoms with Crippen molar-refractivity contribution in [3.63, 3.8) is 0 Å². The van der Waals surface area contributed by atoms with E-state index in [0.717, 1.165) is 12.5 Å². The zero-order valence-electron chi connectivity index (χ0n) is 11.7. The molecule has 1 aliphatic carbocycles. The van der Waals surface area contributed by atoms with E-state index in [2.05, 4.69) is 54.4 Å². The van der Waals surface area contributed by atoms with Crippen molar-refractivity contribution in [2.75, 3.05) is 25.0 Å². The Bertz CT molecular complexity index is 330. The highest BCUT2D eigenvalue weighted by Gasteiger charge is 2.24. The first-order valence-corrected chi connectivity index (χ1v) is 7.28. The number of anilines is 1. The SMILES string of the molecule is CC(C)N(CCCNc1ccccc1)CC1CC1. The monoisotopic (exact) mass is 246 g/mol.